The van der Waals surface area contributed by atoms with Gasteiger partial charge in [-0.15, -0.1) is 0 Å². The van der Waals surface area contributed by atoms with Crippen molar-refractivity contribution in [2.24, 2.45) is 0 Å². The summed E-state index contributed by atoms with van der Waals surface area (Å²) in [5, 5.41) is 0. The van der Waals surface area contributed by atoms with Gasteiger partial charge in [-0.25, -0.2) is 4.39 Å². The third kappa shape index (κ3) is 4.62. The summed E-state index contributed by atoms with van der Waals surface area (Å²) in [4.78, 5) is 4.63. The summed E-state index contributed by atoms with van der Waals surface area (Å²) in [6, 6.07) is 13.7. The average molecular weight is 368 g/mol. The predicted octanol–water partition coefficient (Wildman–Crippen LogP) is 4.30. The molecule has 4 heteroatoms. The Bertz CT molecular complexity index is 756. The number of hydrogen-bond acceptors (Lipinski definition) is 3. The Balaban J connectivity index is 1.13. The first kappa shape index (κ1) is 18.3. The number of halogens is 1. The molecule has 0 radical (unpaired) electrons. The van der Waals surface area contributed by atoms with Crippen LogP contribution in [0.5, 0.6) is 5.75 Å². The highest BCUT2D eigenvalue weighted by Gasteiger charge is 2.18. The molecule has 0 unspecified atom stereocenters. The Kier molecular flexibility index (Phi) is 5.93. The van der Waals surface area contributed by atoms with Gasteiger partial charge in [0.25, 0.3) is 0 Å². The SMILES string of the molecule is Fc1ccccc1N1CCN(CCCCOc2ccc3c(c2)CCC3)CC1. The maximum atomic E-state index is 13.9. The van der Waals surface area contributed by atoms with Gasteiger partial charge in [-0.2, -0.15) is 0 Å². The first-order valence-electron chi connectivity index (χ1n) is 10.3. The minimum atomic E-state index is -0.116. The molecule has 27 heavy (non-hydrogen) atoms. The smallest absolute Gasteiger partial charge is 0.146 e. The minimum absolute atomic E-state index is 0.116. The van der Waals surface area contributed by atoms with Crippen LogP contribution in [0, 0.1) is 5.82 Å². The van der Waals surface area contributed by atoms with Crippen molar-refractivity contribution < 1.29 is 9.13 Å². The zero-order valence-electron chi connectivity index (χ0n) is 16.0. The van der Waals surface area contributed by atoms with Crippen molar-refractivity contribution in [3.05, 3.63) is 59.4 Å². The number of para-hydroxylation sites is 1. The second-order valence-corrected chi connectivity index (χ2v) is 7.62. The Morgan fingerprint density at radius 3 is 2.56 bits per heavy atom. The molecule has 0 atom stereocenters. The fourth-order valence-corrected chi connectivity index (χ4v) is 4.19. The number of aryl methyl sites for hydroxylation is 2. The van der Waals surface area contributed by atoms with Crippen LogP contribution in [0.3, 0.4) is 0 Å². The van der Waals surface area contributed by atoms with Gasteiger partial charge in [0.2, 0.25) is 0 Å². The lowest BCUT2D eigenvalue weighted by molar-refractivity contribution is 0.238. The van der Waals surface area contributed by atoms with E-state index >= 15 is 0 Å². The molecule has 1 heterocycles. The van der Waals surface area contributed by atoms with Gasteiger partial charge in [0, 0.05) is 26.2 Å². The molecule has 0 saturated carbocycles. The number of rotatable bonds is 7. The quantitative estimate of drug-likeness (QED) is 0.678. The molecule has 0 N–H and O–H groups in total. The molecule has 3 nitrogen and oxygen atoms in total. The van der Waals surface area contributed by atoms with Crippen molar-refractivity contribution in [2.75, 3.05) is 44.2 Å². The third-order valence-corrected chi connectivity index (χ3v) is 5.77. The summed E-state index contributed by atoms with van der Waals surface area (Å²) in [6.45, 7) is 5.67. The predicted molar refractivity (Wildman–Crippen MR) is 108 cm³/mol. The number of anilines is 1. The number of nitrogens with zero attached hydrogens (tertiary/aromatic N) is 2. The van der Waals surface area contributed by atoms with Crippen molar-refractivity contribution in [1.29, 1.82) is 0 Å². The maximum absolute atomic E-state index is 13.9. The lowest BCUT2D eigenvalue weighted by Crippen LogP contribution is -2.46. The fraction of sp³-hybridized carbons (Fsp3) is 0.478. The first-order valence-corrected chi connectivity index (χ1v) is 10.3. The van der Waals surface area contributed by atoms with Crippen LogP contribution in [0.4, 0.5) is 10.1 Å². The van der Waals surface area contributed by atoms with E-state index in [0.29, 0.717) is 0 Å². The maximum Gasteiger partial charge on any atom is 0.146 e. The molecule has 4 rings (SSSR count). The van der Waals surface area contributed by atoms with Gasteiger partial charge >= 0.3 is 0 Å². The van der Waals surface area contributed by atoms with E-state index in [1.165, 1.54) is 30.4 Å². The van der Waals surface area contributed by atoms with Crippen LogP contribution in [-0.4, -0.2) is 44.2 Å². The van der Waals surface area contributed by atoms with Gasteiger partial charge in [-0.05, 0) is 74.0 Å². The molecule has 1 aliphatic heterocycles. The molecular weight excluding hydrogens is 339 g/mol. The van der Waals surface area contributed by atoms with Crippen molar-refractivity contribution in [3.63, 3.8) is 0 Å². The first-order chi connectivity index (χ1) is 13.3. The topological polar surface area (TPSA) is 15.7 Å². The Hall–Kier alpha value is -2.07. The minimum Gasteiger partial charge on any atom is -0.494 e. The zero-order chi connectivity index (χ0) is 18.5. The number of piperazine rings is 1. The van der Waals surface area contributed by atoms with E-state index in [9.17, 15) is 4.39 Å². The number of ether oxygens (including phenoxy) is 1. The second kappa shape index (κ2) is 8.75. The molecular formula is C23H29FN2O. The highest BCUT2D eigenvalue weighted by molar-refractivity contribution is 5.48. The molecule has 0 amide bonds. The van der Waals surface area contributed by atoms with Crippen LogP contribution >= 0.6 is 0 Å². The molecule has 2 aromatic rings. The van der Waals surface area contributed by atoms with Crippen molar-refractivity contribution in [1.82, 2.24) is 4.90 Å². The number of hydrogen-bond donors (Lipinski definition) is 0. The van der Waals surface area contributed by atoms with Gasteiger partial charge in [0.1, 0.15) is 11.6 Å². The van der Waals surface area contributed by atoms with E-state index in [2.05, 4.69) is 28.0 Å². The van der Waals surface area contributed by atoms with Gasteiger partial charge in [0.15, 0.2) is 0 Å². The molecule has 1 saturated heterocycles. The molecule has 0 bridgehead atoms. The number of unbranched alkanes of at least 4 members (excludes halogenated alkanes) is 1. The average Bonchev–Trinajstić information content (AvgIpc) is 3.17. The highest BCUT2D eigenvalue weighted by atomic mass is 19.1. The van der Waals surface area contributed by atoms with Gasteiger partial charge in [0.05, 0.1) is 12.3 Å². The Morgan fingerprint density at radius 1 is 0.889 bits per heavy atom. The summed E-state index contributed by atoms with van der Waals surface area (Å²) >= 11 is 0. The summed E-state index contributed by atoms with van der Waals surface area (Å²) in [5.74, 6) is 0.906. The molecule has 1 fully saturated rings. The molecule has 1 aliphatic carbocycles. The Morgan fingerprint density at radius 2 is 1.70 bits per heavy atom. The molecule has 0 spiro atoms. The van der Waals surface area contributed by atoms with Crippen LogP contribution in [0.25, 0.3) is 0 Å². The van der Waals surface area contributed by atoms with Crippen LogP contribution in [0.15, 0.2) is 42.5 Å². The largest absolute Gasteiger partial charge is 0.494 e. The van der Waals surface area contributed by atoms with Crippen molar-refractivity contribution >= 4 is 5.69 Å². The molecule has 2 aromatic carbocycles. The van der Waals surface area contributed by atoms with Crippen LogP contribution in [0.1, 0.15) is 30.4 Å². The van der Waals surface area contributed by atoms with E-state index in [0.717, 1.165) is 63.6 Å². The third-order valence-electron chi connectivity index (χ3n) is 5.77. The fourth-order valence-electron chi connectivity index (χ4n) is 4.19. The van der Waals surface area contributed by atoms with E-state index in [4.69, 9.17) is 4.74 Å². The lowest BCUT2D eigenvalue weighted by atomic mass is 10.1. The molecule has 0 aromatic heterocycles. The monoisotopic (exact) mass is 368 g/mol. The normalized spacial score (nSPS) is 17.1. The highest BCUT2D eigenvalue weighted by Crippen LogP contribution is 2.26. The molecule has 2 aliphatic rings. The van der Waals surface area contributed by atoms with Crippen molar-refractivity contribution in [3.8, 4) is 5.75 Å². The summed E-state index contributed by atoms with van der Waals surface area (Å²) in [7, 11) is 0. The standard InChI is InChI=1S/C23H29FN2O/c24-22-8-1-2-9-23(22)26-15-13-25(14-16-26)12-3-4-17-27-21-11-10-19-6-5-7-20(19)18-21/h1-2,8-11,18H,3-7,12-17H2. The number of fused-ring (bicyclic) bond motifs is 1. The van der Waals surface area contributed by atoms with E-state index in [1.54, 1.807) is 12.1 Å². The van der Waals surface area contributed by atoms with Gasteiger partial charge in [-0.1, -0.05) is 18.2 Å². The number of benzene rings is 2. The zero-order valence-corrected chi connectivity index (χ0v) is 16.0. The van der Waals surface area contributed by atoms with E-state index in [1.807, 2.05) is 12.1 Å². The van der Waals surface area contributed by atoms with Crippen LogP contribution < -0.4 is 9.64 Å². The Labute approximate surface area is 161 Å². The van der Waals surface area contributed by atoms with E-state index < -0.39 is 0 Å². The van der Waals surface area contributed by atoms with Crippen LogP contribution in [0.2, 0.25) is 0 Å². The summed E-state index contributed by atoms with van der Waals surface area (Å²) in [5.41, 5.74) is 3.71. The molecule has 144 valence electrons. The van der Waals surface area contributed by atoms with Crippen LogP contribution in [-0.2, 0) is 12.8 Å². The van der Waals surface area contributed by atoms with Crippen molar-refractivity contribution in [2.45, 2.75) is 32.1 Å². The second-order valence-electron chi connectivity index (χ2n) is 7.62. The van der Waals surface area contributed by atoms with E-state index in [-0.39, 0.29) is 5.82 Å². The van der Waals surface area contributed by atoms with Gasteiger partial charge in [-0.3, -0.25) is 4.90 Å². The van der Waals surface area contributed by atoms with Gasteiger partial charge < -0.3 is 9.64 Å². The summed E-state index contributed by atoms with van der Waals surface area (Å²) < 4.78 is 19.8. The summed E-state index contributed by atoms with van der Waals surface area (Å²) in [6.07, 6.45) is 5.92. The lowest BCUT2D eigenvalue weighted by Gasteiger charge is -2.36.